The molecule has 10 heteroatoms. The summed E-state index contributed by atoms with van der Waals surface area (Å²) in [5.74, 6) is -5.86. The van der Waals surface area contributed by atoms with Gasteiger partial charge in [0, 0.05) is 51.5 Å². The zero-order valence-corrected chi connectivity index (χ0v) is 25.4. The summed E-state index contributed by atoms with van der Waals surface area (Å²) in [5.41, 5.74) is -0.826. The first-order valence-corrected chi connectivity index (χ1v) is 16.1. The van der Waals surface area contributed by atoms with E-state index in [1.165, 1.54) is 6.92 Å². The van der Waals surface area contributed by atoms with E-state index in [9.17, 15) is 27.9 Å². The number of ketones is 1. The van der Waals surface area contributed by atoms with E-state index in [1.807, 2.05) is 11.0 Å². The van der Waals surface area contributed by atoms with Gasteiger partial charge in [0.25, 0.3) is 0 Å². The number of alkyl halides is 5. The molecule has 1 saturated heterocycles. The normalized spacial score (nSPS) is 38.8. The Bertz CT molecular complexity index is 1420. The predicted molar refractivity (Wildman–Crippen MR) is 153 cm³/mol. The van der Waals surface area contributed by atoms with Crippen LogP contribution >= 0.6 is 0 Å². The van der Waals surface area contributed by atoms with Crippen LogP contribution in [0.4, 0.5) is 22.0 Å². The second-order valence-corrected chi connectivity index (χ2v) is 14.8. The SMILES string of the molecule is CC(=O)N1CCN(Cc2ccc3c(c2)CC24CCC(=O)C=C2CCC2C4[C@@H]3C[C@@]3(C)C2CC[C@@]3(O)C(F)(F)C(F)(F)F)CC1. The van der Waals surface area contributed by atoms with Crippen molar-refractivity contribution in [2.45, 2.75) is 95.4 Å². The van der Waals surface area contributed by atoms with Crippen molar-refractivity contribution in [3.63, 3.8) is 0 Å². The first-order chi connectivity index (χ1) is 20.6. The highest BCUT2D eigenvalue weighted by atomic mass is 19.4. The summed E-state index contributed by atoms with van der Waals surface area (Å²) in [4.78, 5) is 28.5. The lowest BCUT2D eigenvalue weighted by Gasteiger charge is -2.65. The molecule has 1 aromatic carbocycles. The molecule has 1 amide bonds. The number of hydrogen-bond acceptors (Lipinski definition) is 4. The molecule has 4 fully saturated rings. The summed E-state index contributed by atoms with van der Waals surface area (Å²) in [5, 5.41) is 11.5. The van der Waals surface area contributed by atoms with Crippen LogP contribution < -0.4 is 0 Å². The Morgan fingerprint density at radius 2 is 1.77 bits per heavy atom. The molecule has 1 heterocycles. The largest absolute Gasteiger partial charge is 0.456 e. The average Bonchev–Trinajstić information content (AvgIpc) is 3.24. The van der Waals surface area contributed by atoms with Gasteiger partial charge in [0.2, 0.25) is 5.91 Å². The second kappa shape index (κ2) is 9.84. The molecule has 1 aromatic rings. The summed E-state index contributed by atoms with van der Waals surface area (Å²) in [6.07, 6.45) is -1.34. The van der Waals surface area contributed by atoms with Gasteiger partial charge in [-0.05, 0) is 96.8 Å². The predicted octanol–water partition coefficient (Wildman–Crippen LogP) is 6.04. The number of rotatable bonds is 3. The molecule has 3 saturated carbocycles. The molecule has 7 rings (SSSR count). The number of allylic oxidation sites excluding steroid dienone is 1. The molecule has 0 bridgehead atoms. The molecule has 4 unspecified atom stereocenters. The van der Waals surface area contributed by atoms with Crippen molar-refractivity contribution in [3.8, 4) is 0 Å². The van der Waals surface area contributed by atoms with Crippen LogP contribution in [0.1, 0.15) is 81.4 Å². The number of benzene rings is 1. The maximum atomic E-state index is 15.3. The molecular formula is C34H41F5N2O3. The number of hydrogen-bond donors (Lipinski definition) is 1. The van der Waals surface area contributed by atoms with Gasteiger partial charge in [-0.1, -0.05) is 30.7 Å². The molecular weight excluding hydrogens is 579 g/mol. The molecule has 0 radical (unpaired) electrons. The highest BCUT2D eigenvalue weighted by Gasteiger charge is 2.80. The number of nitrogens with zero attached hydrogens (tertiary/aromatic N) is 2. The number of carbonyl (C=O) groups is 2. The monoisotopic (exact) mass is 620 g/mol. The summed E-state index contributed by atoms with van der Waals surface area (Å²) in [6.45, 7) is 6.62. The Balaban J connectivity index is 1.29. The van der Waals surface area contributed by atoms with Gasteiger partial charge in [-0.2, -0.15) is 22.0 Å². The third-order valence-electron chi connectivity index (χ3n) is 13.0. The maximum Gasteiger partial charge on any atom is 0.456 e. The molecule has 1 spiro atoms. The van der Waals surface area contributed by atoms with Crippen LogP contribution in [0.25, 0.3) is 0 Å². The zero-order chi connectivity index (χ0) is 31.4. The molecule has 5 nitrogen and oxygen atoms in total. The Kier molecular flexibility index (Phi) is 6.78. The molecule has 1 N–H and O–H groups in total. The first kappa shape index (κ1) is 30.3. The Morgan fingerprint density at radius 1 is 1.05 bits per heavy atom. The van der Waals surface area contributed by atoms with Crippen molar-refractivity contribution >= 4 is 11.7 Å². The van der Waals surface area contributed by atoms with Crippen LogP contribution in [0.5, 0.6) is 0 Å². The Labute approximate surface area is 254 Å². The molecule has 7 atom stereocenters. The van der Waals surface area contributed by atoms with Gasteiger partial charge < -0.3 is 10.0 Å². The van der Waals surface area contributed by atoms with E-state index < -0.39 is 35.5 Å². The van der Waals surface area contributed by atoms with Gasteiger partial charge >= 0.3 is 12.1 Å². The highest BCUT2D eigenvalue weighted by Crippen LogP contribution is 2.75. The van der Waals surface area contributed by atoms with E-state index in [1.54, 1.807) is 13.0 Å². The fourth-order valence-corrected chi connectivity index (χ4v) is 11.0. The molecule has 44 heavy (non-hydrogen) atoms. The second-order valence-electron chi connectivity index (χ2n) is 14.8. The van der Waals surface area contributed by atoms with Gasteiger partial charge in [0.1, 0.15) is 5.60 Å². The minimum Gasteiger partial charge on any atom is -0.383 e. The first-order valence-electron chi connectivity index (χ1n) is 16.1. The number of amides is 1. The van der Waals surface area contributed by atoms with E-state index in [-0.39, 0.29) is 47.7 Å². The maximum absolute atomic E-state index is 15.3. The van der Waals surface area contributed by atoms with Crippen LogP contribution in [0.2, 0.25) is 0 Å². The number of piperazine rings is 1. The van der Waals surface area contributed by atoms with Gasteiger partial charge in [-0.25, -0.2) is 0 Å². The van der Waals surface area contributed by atoms with E-state index in [2.05, 4.69) is 17.0 Å². The summed E-state index contributed by atoms with van der Waals surface area (Å²) in [6, 6.07) is 6.28. The standard InChI is InChI=1S/C34H41F5N2O3/c1-20(42)41-13-11-40(12-14-41)19-21-3-5-25-22(15-21)17-31-9-7-24(43)16-23(31)4-6-26-28-8-10-32(44,33(35,36)34(37,38)39)30(28,2)18-27(25)29(26)31/h3,5,15-16,26-29,44H,4,6-14,17-19H2,1-2H3/t26?,27-,28?,29?,30+,31?,32+/m1/s1. The summed E-state index contributed by atoms with van der Waals surface area (Å²) in [7, 11) is 0. The fourth-order valence-electron chi connectivity index (χ4n) is 11.0. The summed E-state index contributed by atoms with van der Waals surface area (Å²) < 4.78 is 72.2. The van der Waals surface area contributed by atoms with Crippen molar-refractivity contribution in [1.29, 1.82) is 0 Å². The van der Waals surface area contributed by atoms with E-state index in [0.717, 1.165) is 41.8 Å². The van der Waals surface area contributed by atoms with Crippen LogP contribution in [-0.4, -0.2) is 70.5 Å². The van der Waals surface area contributed by atoms with Crippen LogP contribution in [-0.2, 0) is 22.6 Å². The van der Waals surface area contributed by atoms with Gasteiger partial charge in [-0.15, -0.1) is 0 Å². The lowest BCUT2D eigenvalue weighted by atomic mass is 9.39. The molecule has 0 aromatic heterocycles. The third kappa shape index (κ3) is 4.07. The average molecular weight is 621 g/mol. The zero-order valence-electron chi connectivity index (χ0n) is 25.4. The Morgan fingerprint density at radius 3 is 2.45 bits per heavy atom. The molecule has 1 aliphatic heterocycles. The van der Waals surface area contributed by atoms with Crippen LogP contribution in [0.3, 0.4) is 0 Å². The van der Waals surface area contributed by atoms with Gasteiger partial charge in [0.15, 0.2) is 5.78 Å². The number of halogens is 5. The molecule has 5 aliphatic carbocycles. The number of carbonyl (C=O) groups excluding carboxylic acids is 2. The van der Waals surface area contributed by atoms with E-state index >= 15 is 8.78 Å². The summed E-state index contributed by atoms with van der Waals surface area (Å²) >= 11 is 0. The van der Waals surface area contributed by atoms with Gasteiger partial charge in [0.05, 0.1) is 0 Å². The topological polar surface area (TPSA) is 60.9 Å². The van der Waals surface area contributed by atoms with E-state index in [0.29, 0.717) is 45.3 Å². The molecule has 240 valence electrons. The third-order valence-corrected chi connectivity index (χ3v) is 13.0. The smallest absolute Gasteiger partial charge is 0.383 e. The minimum atomic E-state index is -5.85. The van der Waals surface area contributed by atoms with Crippen LogP contribution in [0, 0.1) is 28.6 Å². The van der Waals surface area contributed by atoms with Crippen LogP contribution in [0.15, 0.2) is 29.8 Å². The van der Waals surface area contributed by atoms with E-state index in [4.69, 9.17) is 0 Å². The van der Waals surface area contributed by atoms with Crippen molar-refractivity contribution in [2.75, 3.05) is 26.2 Å². The van der Waals surface area contributed by atoms with Crippen molar-refractivity contribution < 1.29 is 36.6 Å². The minimum absolute atomic E-state index is 0.0357. The fraction of sp³-hybridized carbons (Fsp3) is 0.706. The highest BCUT2D eigenvalue weighted by molar-refractivity contribution is 5.91. The lowest BCUT2D eigenvalue weighted by molar-refractivity contribution is -0.364. The van der Waals surface area contributed by atoms with Crippen molar-refractivity contribution in [1.82, 2.24) is 9.80 Å². The lowest BCUT2D eigenvalue weighted by Crippen LogP contribution is -2.67. The Hall–Kier alpha value is -2.33. The quantitative estimate of drug-likeness (QED) is 0.419. The number of fused-ring (bicyclic) bond motifs is 4. The molecule has 6 aliphatic rings. The van der Waals surface area contributed by atoms with Crippen molar-refractivity contribution in [2.24, 2.45) is 28.6 Å². The number of aliphatic hydroxyl groups is 1. The van der Waals surface area contributed by atoms with Gasteiger partial charge in [-0.3, -0.25) is 14.5 Å². The van der Waals surface area contributed by atoms with Crippen molar-refractivity contribution in [3.05, 3.63) is 46.5 Å².